The van der Waals surface area contributed by atoms with Crippen LogP contribution < -0.4 is 0 Å². The first-order valence-electron chi connectivity index (χ1n) is 3.80. The average molecular weight is 146 g/mol. The standard InChI is InChI=1S/C10H10O/c1-8-4-5-9(7-8)10-3-2-6-11-10/h2-8H,1H3. The van der Waals surface area contributed by atoms with Gasteiger partial charge in [0, 0.05) is 5.57 Å². The minimum Gasteiger partial charge on any atom is -0.464 e. The minimum absolute atomic E-state index is 0.551. The van der Waals surface area contributed by atoms with Crippen molar-refractivity contribution in [2.45, 2.75) is 6.92 Å². The van der Waals surface area contributed by atoms with Crippen LogP contribution in [0.4, 0.5) is 0 Å². The van der Waals surface area contributed by atoms with Gasteiger partial charge in [0.15, 0.2) is 0 Å². The van der Waals surface area contributed by atoms with Crippen molar-refractivity contribution >= 4 is 5.57 Å². The monoisotopic (exact) mass is 146 g/mol. The second-order valence-corrected chi connectivity index (χ2v) is 2.82. The van der Waals surface area contributed by atoms with Crippen molar-refractivity contribution in [3.8, 4) is 0 Å². The molecule has 1 aromatic heterocycles. The van der Waals surface area contributed by atoms with Gasteiger partial charge in [0.05, 0.1) is 6.26 Å². The molecule has 0 saturated heterocycles. The van der Waals surface area contributed by atoms with Gasteiger partial charge in [-0.15, -0.1) is 0 Å². The fourth-order valence-corrected chi connectivity index (χ4v) is 1.26. The number of furan rings is 1. The molecule has 0 amide bonds. The molecule has 1 aliphatic rings. The Balaban J connectivity index is 2.33. The third kappa shape index (κ3) is 1.14. The van der Waals surface area contributed by atoms with Crippen LogP contribution in [0.15, 0.2) is 41.0 Å². The van der Waals surface area contributed by atoms with Crippen LogP contribution in [0.3, 0.4) is 0 Å². The molecule has 1 aromatic rings. The molecule has 0 spiro atoms. The molecule has 11 heavy (non-hydrogen) atoms. The van der Waals surface area contributed by atoms with E-state index in [9.17, 15) is 0 Å². The van der Waals surface area contributed by atoms with Crippen LogP contribution in [-0.2, 0) is 0 Å². The van der Waals surface area contributed by atoms with E-state index in [4.69, 9.17) is 4.42 Å². The Hall–Kier alpha value is -1.24. The normalized spacial score (nSPS) is 22.3. The largest absolute Gasteiger partial charge is 0.464 e. The third-order valence-corrected chi connectivity index (χ3v) is 1.83. The minimum atomic E-state index is 0.551. The molecule has 0 aromatic carbocycles. The topological polar surface area (TPSA) is 13.1 Å². The van der Waals surface area contributed by atoms with Crippen molar-refractivity contribution < 1.29 is 4.42 Å². The summed E-state index contributed by atoms with van der Waals surface area (Å²) in [6.07, 6.45) is 8.16. The van der Waals surface area contributed by atoms with Gasteiger partial charge in [0.1, 0.15) is 5.76 Å². The Morgan fingerprint density at radius 3 is 2.91 bits per heavy atom. The lowest BCUT2D eigenvalue weighted by Crippen LogP contribution is -1.75. The van der Waals surface area contributed by atoms with Gasteiger partial charge in [-0.05, 0) is 18.1 Å². The van der Waals surface area contributed by atoms with Gasteiger partial charge in [-0.1, -0.05) is 25.2 Å². The van der Waals surface area contributed by atoms with Crippen molar-refractivity contribution in [3.63, 3.8) is 0 Å². The third-order valence-electron chi connectivity index (χ3n) is 1.83. The second-order valence-electron chi connectivity index (χ2n) is 2.82. The first-order chi connectivity index (χ1) is 5.36. The first kappa shape index (κ1) is 6.47. The molecule has 0 N–H and O–H groups in total. The molecular formula is C10H10O. The molecule has 0 radical (unpaired) electrons. The lowest BCUT2D eigenvalue weighted by molar-refractivity contribution is 0.554. The van der Waals surface area contributed by atoms with Gasteiger partial charge < -0.3 is 4.42 Å². The molecule has 1 unspecified atom stereocenters. The highest BCUT2D eigenvalue weighted by atomic mass is 16.3. The Morgan fingerprint density at radius 2 is 2.36 bits per heavy atom. The average Bonchev–Trinajstić information content (AvgIpc) is 2.55. The van der Waals surface area contributed by atoms with E-state index in [-0.39, 0.29) is 0 Å². The van der Waals surface area contributed by atoms with E-state index in [2.05, 4.69) is 25.2 Å². The highest BCUT2D eigenvalue weighted by molar-refractivity contribution is 5.73. The summed E-state index contributed by atoms with van der Waals surface area (Å²) in [6.45, 7) is 2.16. The molecule has 0 bridgehead atoms. The molecule has 1 heterocycles. The van der Waals surface area contributed by atoms with Crippen LogP contribution in [0.2, 0.25) is 0 Å². The maximum Gasteiger partial charge on any atom is 0.133 e. The number of allylic oxidation sites excluding steroid dienone is 4. The first-order valence-corrected chi connectivity index (χ1v) is 3.80. The molecular weight excluding hydrogens is 136 g/mol. The maximum absolute atomic E-state index is 5.25. The van der Waals surface area contributed by atoms with Crippen LogP contribution in [0.25, 0.3) is 5.57 Å². The summed E-state index contributed by atoms with van der Waals surface area (Å²) in [4.78, 5) is 0. The Morgan fingerprint density at radius 1 is 1.45 bits per heavy atom. The van der Waals surface area contributed by atoms with Gasteiger partial charge in [0.25, 0.3) is 0 Å². The summed E-state index contributed by atoms with van der Waals surface area (Å²) in [7, 11) is 0. The number of rotatable bonds is 1. The van der Waals surface area contributed by atoms with E-state index in [0.717, 1.165) is 5.76 Å². The summed E-state index contributed by atoms with van der Waals surface area (Å²) >= 11 is 0. The van der Waals surface area contributed by atoms with Crippen LogP contribution in [-0.4, -0.2) is 0 Å². The van der Waals surface area contributed by atoms with Crippen LogP contribution >= 0.6 is 0 Å². The Bertz CT molecular complexity index is 291. The molecule has 1 heteroatoms. The van der Waals surface area contributed by atoms with E-state index >= 15 is 0 Å². The van der Waals surface area contributed by atoms with E-state index in [1.807, 2.05) is 12.1 Å². The SMILES string of the molecule is CC1C=CC(c2ccco2)=C1. The highest BCUT2D eigenvalue weighted by Gasteiger charge is 2.07. The fourth-order valence-electron chi connectivity index (χ4n) is 1.26. The van der Waals surface area contributed by atoms with Gasteiger partial charge in [-0.25, -0.2) is 0 Å². The summed E-state index contributed by atoms with van der Waals surface area (Å²) in [5, 5.41) is 0. The smallest absolute Gasteiger partial charge is 0.133 e. The molecule has 2 rings (SSSR count). The second kappa shape index (κ2) is 2.42. The molecule has 56 valence electrons. The molecule has 1 atom stereocenters. The maximum atomic E-state index is 5.25. The molecule has 0 aliphatic heterocycles. The molecule has 0 fully saturated rings. The van der Waals surface area contributed by atoms with Gasteiger partial charge >= 0.3 is 0 Å². The van der Waals surface area contributed by atoms with E-state index < -0.39 is 0 Å². The number of hydrogen-bond donors (Lipinski definition) is 0. The van der Waals surface area contributed by atoms with E-state index in [1.54, 1.807) is 6.26 Å². The predicted octanol–water partition coefficient (Wildman–Crippen LogP) is 2.87. The van der Waals surface area contributed by atoms with Gasteiger partial charge in [-0.3, -0.25) is 0 Å². The molecule has 1 nitrogen and oxygen atoms in total. The van der Waals surface area contributed by atoms with Crippen LogP contribution in [0, 0.1) is 5.92 Å². The van der Waals surface area contributed by atoms with Crippen molar-refractivity contribution in [3.05, 3.63) is 42.4 Å². The molecule has 1 aliphatic carbocycles. The van der Waals surface area contributed by atoms with E-state index in [1.165, 1.54) is 5.57 Å². The zero-order chi connectivity index (χ0) is 7.68. The van der Waals surface area contributed by atoms with E-state index in [0.29, 0.717) is 5.92 Å². The molecule has 0 saturated carbocycles. The fraction of sp³-hybridized carbons (Fsp3) is 0.200. The predicted molar refractivity (Wildman–Crippen MR) is 45.0 cm³/mol. The van der Waals surface area contributed by atoms with Crippen molar-refractivity contribution in [1.29, 1.82) is 0 Å². The van der Waals surface area contributed by atoms with Crippen molar-refractivity contribution in [2.75, 3.05) is 0 Å². The summed E-state index contributed by atoms with van der Waals surface area (Å²) in [6, 6.07) is 3.89. The van der Waals surface area contributed by atoms with Crippen LogP contribution in [0.1, 0.15) is 12.7 Å². The van der Waals surface area contributed by atoms with Crippen molar-refractivity contribution in [2.24, 2.45) is 5.92 Å². The summed E-state index contributed by atoms with van der Waals surface area (Å²) in [5.41, 5.74) is 1.20. The Kier molecular flexibility index (Phi) is 1.42. The highest BCUT2D eigenvalue weighted by Crippen LogP contribution is 2.24. The Labute approximate surface area is 66.0 Å². The summed E-state index contributed by atoms with van der Waals surface area (Å²) < 4.78 is 5.25. The summed E-state index contributed by atoms with van der Waals surface area (Å²) in [5.74, 6) is 1.51. The zero-order valence-corrected chi connectivity index (χ0v) is 6.45. The van der Waals surface area contributed by atoms with Crippen molar-refractivity contribution in [1.82, 2.24) is 0 Å². The lowest BCUT2D eigenvalue weighted by atomic mass is 10.2. The van der Waals surface area contributed by atoms with Gasteiger partial charge in [0.2, 0.25) is 0 Å². The lowest BCUT2D eigenvalue weighted by Gasteiger charge is -1.91. The van der Waals surface area contributed by atoms with Gasteiger partial charge in [-0.2, -0.15) is 0 Å². The number of hydrogen-bond acceptors (Lipinski definition) is 1. The van der Waals surface area contributed by atoms with Crippen LogP contribution in [0.5, 0.6) is 0 Å². The zero-order valence-electron chi connectivity index (χ0n) is 6.45. The quantitative estimate of drug-likeness (QED) is 0.593.